The fourth-order valence-corrected chi connectivity index (χ4v) is 2.83. The van der Waals surface area contributed by atoms with Crippen LogP contribution in [-0.4, -0.2) is 24.6 Å². The number of alkyl halides is 3. The summed E-state index contributed by atoms with van der Waals surface area (Å²) in [7, 11) is 0. The van der Waals surface area contributed by atoms with Crippen LogP contribution in [0.15, 0.2) is 59.1 Å². The SMILES string of the molecule is Cc1ccc(NC(=O)c2ccccc2NCC2=CCC(=O)N=C2)cc1C(F)(F)F. The van der Waals surface area contributed by atoms with E-state index in [1.165, 1.54) is 25.3 Å². The molecule has 0 fully saturated rings. The molecule has 1 aliphatic rings. The number of para-hydroxylation sites is 1. The fraction of sp³-hybridized carbons (Fsp3) is 0.190. The van der Waals surface area contributed by atoms with Gasteiger partial charge in [-0.25, -0.2) is 4.99 Å². The molecule has 2 aromatic rings. The number of amides is 2. The van der Waals surface area contributed by atoms with Gasteiger partial charge in [-0.1, -0.05) is 24.3 Å². The van der Waals surface area contributed by atoms with Crippen molar-refractivity contribution in [2.45, 2.75) is 19.5 Å². The highest BCUT2D eigenvalue weighted by molar-refractivity contribution is 6.08. The number of benzene rings is 2. The number of hydrogen-bond donors (Lipinski definition) is 2. The Bertz CT molecular complexity index is 1010. The number of aryl methyl sites for hydroxylation is 1. The van der Waals surface area contributed by atoms with Crippen LogP contribution in [0.1, 0.15) is 27.9 Å². The van der Waals surface area contributed by atoms with Crippen molar-refractivity contribution >= 4 is 29.4 Å². The van der Waals surface area contributed by atoms with Gasteiger partial charge in [-0.15, -0.1) is 0 Å². The molecule has 0 bridgehead atoms. The third-order valence-electron chi connectivity index (χ3n) is 4.37. The van der Waals surface area contributed by atoms with Gasteiger partial charge in [0.15, 0.2) is 0 Å². The summed E-state index contributed by atoms with van der Waals surface area (Å²) in [5.74, 6) is -0.753. The lowest BCUT2D eigenvalue weighted by Crippen LogP contribution is -2.17. The van der Waals surface area contributed by atoms with Gasteiger partial charge in [0.1, 0.15) is 0 Å². The molecule has 5 nitrogen and oxygen atoms in total. The highest BCUT2D eigenvalue weighted by Gasteiger charge is 2.32. The van der Waals surface area contributed by atoms with Crippen LogP contribution in [0, 0.1) is 6.92 Å². The number of anilines is 2. The Morgan fingerprint density at radius 3 is 2.62 bits per heavy atom. The van der Waals surface area contributed by atoms with Crippen molar-refractivity contribution in [3.8, 4) is 0 Å². The fourth-order valence-electron chi connectivity index (χ4n) is 2.83. The van der Waals surface area contributed by atoms with E-state index < -0.39 is 17.6 Å². The Hall–Kier alpha value is -3.42. The predicted octanol–water partition coefficient (Wildman–Crippen LogP) is 4.61. The second-order valence-electron chi connectivity index (χ2n) is 6.52. The maximum absolute atomic E-state index is 13.1. The molecule has 3 rings (SSSR count). The van der Waals surface area contributed by atoms with Crippen molar-refractivity contribution < 1.29 is 22.8 Å². The van der Waals surface area contributed by atoms with E-state index in [0.29, 0.717) is 12.2 Å². The van der Waals surface area contributed by atoms with Crippen molar-refractivity contribution in [2.24, 2.45) is 4.99 Å². The molecule has 0 saturated carbocycles. The largest absolute Gasteiger partial charge is 0.416 e. The molecule has 0 unspecified atom stereocenters. The maximum atomic E-state index is 13.1. The summed E-state index contributed by atoms with van der Waals surface area (Å²) in [5, 5.41) is 5.62. The number of carbonyl (C=O) groups is 2. The minimum Gasteiger partial charge on any atom is -0.380 e. The number of halogens is 3. The summed E-state index contributed by atoms with van der Waals surface area (Å²) in [6, 6.07) is 10.3. The molecule has 1 aliphatic heterocycles. The summed E-state index contributed by atoms with van der Waals surface area (Å²) < 4.78 is 39.3. The van der Waals surface area contributed by atoms with Crippen LogP contribution in [-0.2, 0) is 11.0 Å². The smallest absolute Gasteiger partial charge is 0.380 e. The first-order valence-electron chi connectivity index (χ1n) is 8.82. The molecule has 0 saturated heterocycles. The molecular formula is C21H18F3N3O2. The Kier molecular flexibility index (Phi) is 5.81. The number of dihydropyridines is 1. The highest BCUT2D eigenvalue weighted by atomic mass is 19.4. The Morgan fingerprint density at radius 1 is 1.17 bits per heavy atom. The number of hydrogen-bond acceptors (Lipinski definition) is 3. The molecule has 0 aromatic heterocycles. The van der Waals surface area contributed by atoms with Crippen LogP contribution >= 0.6 is 0 Å². The number of nitrogens with one attached hydrogen (secondary N) is 2. The molecule has 8 heteroatoms. The monoisotopic (exact) mass is 401 g/mol. The second-order valence-corrected chi connectivity index (χ2v) is 6.52. The lowest BCUT2D eigenvalue weighted by Gasteiger charge is -2.15. The van der Waals surface area contributed by atoms with Crippen molar-refractivity contribution in [3.05, 3.63) is 70.8 Å². The van der Waals surface area contributed by atoms with E-state index in [1.54, 1.807) is 30.3 Å². The van der Waals surface area contributed by atoms with Gasteiger partial charge < -0.3 is 10.6 Å². The molecule has 150 valence electrons. The number of carbonyl (C=O) groups excluding carboxylic acids is 2. The first-order valence-corrected chi connectivity index (χ1v) is 8.82. The molecule has 29 heavy (non-hydrogen) atoms. The zero-order valence-electron chi connectivity index (χ0n) is 15.5. The van der Waals surface area contributed by atoms with Gasteiger partial charge in [-0.2, -0.15) is 13.2 Å². The number of nitrogens with zero attached hydrogens (tertiary/aromatic N) is 1. The number of aliphatic imine (C=N–C) groups is 1. The highest BCUT2D eigenvalue weighted by Crippen LogP contribution is 2.33. The molecule has 1 heterocycles. The van der Waals surface area contributed by atoms with Crippen molar-refractivity contribution in [3.63, 3.8) is 0 Å². The van der Waals surface area contributed by atoms with Gasteiger partial charge in [0, 0.05) is 30.6 Å². The topological polar surface area (TPSA) is 70.6 Å². The standard InChI is InChI=1S/C21H18F3N3O2/c1-13-6-8-15(10-17(13)21(22,23)24)27-20(29)16-4-2-3-5-18(16)25-11-14-7-9-19(28)26-12-14/h2-8,10,12,25H,9,11H2,1H3,(H,27,29). The normalized spacial score (nSPS) is 13.8. The molecule has 0 spiro atoms. The average molecular weight is 401 g/mol. The third-order valence-corrected chi connectivity index (χ3v) is 4.37. The summed E-state index contributed by atoms with van der Waals surface area (Å²) >= 11 is 0. The first kappa shape index (κ1) is 20.3. The van der Waals surface area contributed by atoms with E-state index >= 15 is 0 Å². The van der Waals surface area contributed by atoms with E-state index in [4.69, 9.17) is 0 Å². The summed E-state index contributed by atoms with van der Waals surface area (Å²) in [6.45, 7) is 1.72. The maximum Gasteiger partial charge on any atom is 0.416 e. The lowest BCUT2D eigenvalue weighted by atomic mass is 10.1. The van der Waals surface area contributed by atoms with Crippen LogP contribution in [0.3, 0.4) is 0 Å². The molecule has 0 atom stereocenters. The minimum absolute atomic E-state index is 0.0587. The molecule has 2 N–H and O–H groups in total. The Balaban J connectivity index is 1.75. The van der Waals surface area contributed by atoms with Crippen LogP contribution in [0.25, 0.3) is 0 Å². The lowest BCUT2D eigenvalue weighted by molar-refractivity contribution is -0.138. The van der Waals surface area contributed by atoms with Gasteiger partial charge >= 0.3 is 6.18 Å². The molecular weight excluding hydrogens is 383 g/mol. The van der Waals surface area contributed by atoms with E-state index in [9.17, 15) is 22.8 Å². The number of rotatable bonds is 5. The molecule has 2 aromatic carbocycles. The van der Waals surface area contributed by atoms with E-state index in [2.05, 4.69) is 15.6 Å². The zero-order chi connectivity index (χ0) is 21.0. The summed E-state index contributed by atoms with van der Waals surface area (Å²) in [4.78, 5) is 27.5. The zero-order valence-corrected chi connectivity index (χ0v) is 15.5. The Labute approximate surface area is 165 Å². The van der Waals surface area contributed by atoms with Gasteiger partial charge in [-0.3, -0.25) is 9.59 Å². The van der Waals surface area contributed by atoms with E-state index in [1.807, 2.05) is 0 Å². The van der Waals surface area contributed by atoms with Gasteiger partial charge in [0.2, 0.25) is 5.91 Å². The summed E-state index contributed by atoms with van der Waals surface area (Å²) in [5.41, 5.74) is 0.945. The van der Waals surface area contributed by atoms with Crippen molar-refractivity contribution in [1.82, 2.24) is 0 Å². The average Bonchev–Trinajstić information content (AvgIpc) is 2.68. The van der Waals surface area contributed by atoms with Crippen LogP contribution in [0.5, 0.6) is 0 Å². The van der Waals surface area contributed by atoms with Crippen LogP contribution < -0.4 is 10.6 Å². The van der Waals surface area contributed by atoms with Crippen molar-refractivity contribution in [2.75, 3.05) is 17.2 Å². The predicted molar refractivity (Wildman–Crippen MR) is 105 cm³/mol. The van der Waals surface area contributed by atoms with Crippen molar-refractivity contribution in [1.29, 1.82) is 0 Å². The van der Waals surface area contributed by atoms with E-state index in [0.717, 1.165) is 11.6 Å². The molecule has 2 amide bonds. The van der Waals surface area contributed by atoms with Gasteiger partial charge in [0.05, 0.1) is 11.1 Å². The second kappa shape index (κ2) is 8.30. The quantitative estimate of drug-likeness (QED) is 0.769. The van der Waals surface area contributed by atoms with Crippen LogP contribution in [0.4, 0.5) is 24.5 Å². The molecule has 0 aliphatic carbocycles. The van der Waals surface area contributed by atoms with Gasteiger partial charge in [-0.05, 0) is 42.3 Å². The van der Waals surface area contributed by atoms with E-state index in [-0.39, 0.29) is 29.1 Å². The molecule has 0 radical (unpaired) electrons. The minimum atomic E-state index is -4.50. The van der Waals surface area contributed by atoms with Gasteiger partial charge in [0.25, 0.3) is 5.91 Å². The first-order chi connectivity index (χ1) is 13.7. The Morgan fingerprint density at radius 2 is 1.93 bits per heavy atom. The third kappa shape index (κ3) is 5.10. The van der Waals surface area contributed by atoms with Crippen LogP contribution in [0.2, 0.25) is 0 Å². The summed E-state index contributed by atoms with van der Waals surface area (Å²) in [6.07, 6.45) is -1.06.